The van der Waals surface area contributed by atoms with E-state index in [1.807, 2.05) is 30.7 Å². The van der Waals surface area contributed by atoms with Crippen LogP contribution >= 0.6 is 11.3 Å². The molecule has 0 fully saturated rings. The number of thiophene rings is 1. The van der Waals surface area contributed by atoms with Crippen molar-refractivity contribution in [3.05, 3.63) is 22.4 Å². The summed E-state index contributed by atoms with van der Waals surface area (Å²) in [5.74, 6) is -1.10. The first-order valence-electron chi connectivity index (χ1n) is 6.78. The summed E-state index contributed by atoms with van der Waals surface area (Å²) in [7, 11) is 0. The van der Waals surface area contributed by atoms with Crippen molar-refractivity contribution in [2.24, 2.45) is 0 Å². The lowest BCUT2D eigenvalue weighted by Crippen LogP contribution is -2.44. The van der Waals surface area contributed by atoms with Gasteiger partial charge in [0, 0.05) is 12.5 Å². The molecule has 3 amide bonds. The molecule has 0 spiro atoms. The number of hydrogen-bond acceptors (Lipinski definition) is 5. The van der Waals surface area contributed by atoms with Gasteiger partial charge in [-0.3, -0.25) is 14.9 Å². The van der Waals surface area contributed by atoms with Gasteiger partial charge < -0.3 is 10.1 Å². The van der Waals surface area contributed by atoms with Gasteiger partial charge >= 0.3 is 12.0 Å². The number of urea groups is 1. The van der Waals surface area contributed by atoms with Gasteiger partial charge in [0.1, 0.15) is 0 Å². The van der Waals surface area contributed by atoms with Gasteiger partial charge in [0.05, 0.1) is 0 Å². The molecule has 21 heavy (non-hydrogen) atoms. The Morgan fingerprint density at radius 2 is 2.14 bits per heavy atom. The van der Waals surface area contributed by atoms with E-state index in [2.05, 4.69) is 10.6 Å². The Labute approximate surface area is 127 Å². The van der Waals surface area contributed by atoms with Crippen LogP contribution in [0, 0.1) is 0 Å². The summed E-state index contributed by atoms with van der Waals surface area (Å²) in [4.78, 5) is 34.2. The summed E-state index contributed by atoms with van der Waals surface area (Å²) in [6, 6.07) is 1.33. The normalized spacial score (nSPS) is 11.5. The molecule has 1 aromatic rings. The van der Waals surface area contributed by atoms with Crippen molar-refractivity contribution in [3.8, 4) is 0 Å². The minimum Gasteiger partial charge on any atom is -0.456 e. The number of esters is 1. The number of amides is 3. The minimum absolute atomic E-state index is 0.0223. The molecule has 2 N–H and O–H groups in total. The van der Waals surface area contributed by atoms with Crippen molar-refractivity contribution in [3.63, 3.8) is 0 Å². The van der Waals surface area contributed by atoms with Crippen LogP contribution in [0.1, 0.15) is 32.3 Å². The lowest BCUT2D eigenvalue weighted by molar-refractivity contribution is -0.148. The zero-order valence-electron chi connectivity index (χ0n) is 12.2. The lowest BCUT2D eigenvalue weighted by Gasteiger charge is -2.11. The van der Waals surface area contributed by atoms with Crippen LogP contribution in [0.15, 0.2) is 16.8 Å². The van der Waals surface area contributed by atoms with E-state index in [9.17, 15) is 14.4 Å². The first-order chi connectivity index (χ1) is 10.0. The van der Waals surface area contributed by atoms with Crippen LogP contribution in [0.2, 0.25) is 0 Å². The van der Waals surface area contributed by atoms with Gasteiger partial charge in [0.2, 0.25) is 0 Å². The molecule has 1 atom stereocenters. The van der Waals surface area contributed by atoms with Crippen LogP contribution in [0.25, 0.3) is 0 Å². The van der Waals surface area contributed by atoms with Crippen LogP contribution in [0.5, 0.6) is 0 Å². The maximum absolute atomic E-state index is 11.5. The van der Waals surface area contributed by atoms with Gasteiger partial charge in [0.25, 0.3) is 5.91 Å². The SMILES string of the molecule is CC[C@@H](C)NC(=O)NC(=O)COC(=O)CCc1ccsc1. The van der Waals surface area contributed by atoms with Crippen LogP contribution in [0.4, 0.5) is 4.79 Å². The average molecular weight is 312 g/mol. The number of rotatable bonds is 7. The molecule has 0 aliphatic carbocycles. The number of nitrogens with one attached hydrogen (secondary N) is 2. The second-order valence-electron chi connectivity index (χ2n) is 4.62. The Kier molecular flexibility index (Phi) is 7.45. The van der Waals surface area contributed by atoms with Crippen LogP contribution in [0.3, 0.4) is 0 Å². The Hall–Kier alpha value is -1.89. The predicted octanol–water partition coefficient (Wildman–Crippen LogP) is 1.85. The summed E-state index contributed by atoms with van der Waals surface area (Å²) in [5, 5.41) is 8.58. The highest BCUT2D eigenvalue weighted by molar-refractivity contribution is 7.07. The molecule has 0 aliphatic rings. The molecule has 0 unspecified atom stereocenters. The van der Waals surface area contributed by atoms with Crippen molar-refractivity contribution >= 4 is 29.2 Å². The number of carbonyl (C=O) groups excluding carboxylic acids is 3. The van der Waals surface area contributed by atoms with E-state index in [1.165, 1.54) is 0 Å². The third kappa shape index (κ3) is 7.45. The van der Waals surface area contributed by atoms with E-state index in [0.29, 0.717) is 6.42 Å². The molecular formula is C14H20N2O4S. The van der Waals surface area contributed by atoms with E-state index in [0.717, 1.165) is 12.0 Å². The molecule has 1 heterocycles. The predicted molar refractivity (Wildman–Crippen MR) is 80.0 cm³/mol. The zero-order valence-corrected chi connectivity index (χ0v) is 13.0. The van der Waals surface area contributed by atoms with Crippen molar-refractivity contribution in [2.45, 2.75) is 39.2 Å². The van der Waals surface area contributed by atoms with E-state index in [-0.39, 0.29) is 12.5 Å². The molecule has 1 aromatic heterocycles. The van der Waals surface area contributed by atoms with Gasteiger partial charge in [0.15, 0.2) is 6.61 Å². The summed E-state index contributed by atoms with van der Waals surface area (Å²) in [6.07, 6.45) is 1.56. The topological polar surface area (TPSA) is 84.5 Å². The first kappa shape index (κ1) is 17.2. The third-order valence-electron chi connectivity index (χ3n) is 2.80. The number of carbonyl (C=O) groups is 3. The maximum atomic E-state index is 11.5. The summed E-state index contributed by atoms with van der Waals surface area (Å²) in [6.45, 7) is 3.30. The monoisotopic (exact) mass is 312 g/mol. The summed E-state index contributed by atoms with van der Waals surface area (Å²) >= 11 is 1.56. The van der Waals surface area contributed by atoms with E-state index in [1.54, 1.807) is 11.3 Å². The van der Waals surface area contributed by atoms with Gasteiger partial charge in [-0.15, -0.1) is 0 Å². The smallest absolute Gasteiger partial charge is 0.321 e. The fourth-order valence-corrected chi connectivity index (χ4v) is 2.13. The number of imide groups is 1. The molecule has 0 saturated carbocycles. The van der Waals surface area contributed by atoms with Gasteiger partial charge in [-0.2, -0.15) is 11.3 Å². The van der Waals surface area contributed by atoms with Crippen molar-refractivity contribution < 1.29 is 19.1 Å². The van der Waals surface area contributed by atoms with E-state index < -0.39 is 24.5 Å². The van der Waals surface area contributed by atoms with Crippen molar-refractivity contribution in [1.82, 2.24) is 10.6 Å². The first-order valence-corrected chi connectivity index (χ1v) is 7.72. The molecule has 0 radical (unpaired) electrons. The Balaban J connectivity index is 2.17. The molecule has 0 aliphatic heterocycles. The molecule has 7 heteroatoms. The third-order valence-corrected chi connectivity index (χ3v) is 3.54. The number of hydrogen-bond donors (Lipinski definition) is 2. The fourth-order valence-electron chi connectivity index (χ4n) is 1.42. The molecular weight excluding hydrogens is 292 g/mol. The fraction of sp³-hybridized carbons (Fsp3) is 0.500. The average Bonchev–Trinajstić information content (AvgIpc) is 2.95. The highest BCUT2D eigenvalue weighted by Crippen LogP contribution is 2.08. The van der Waals surface area contributed by atoms with Crippen LogP contribution in [-0.4, -0.2) is 30.6 Å². The molecule has 0 saturated heterocycles. The highest BCUT2D eigenvalue weighted by atomic mass is 32.1. The second kappa shape index (κ2) is 9.12. The van der Waals surface area contributed by atoms with Gasteiger partial charge in [-0.1, -0.05) is 6.92 Å². The molecule has 6 nitrogen and oxygen atoms in total. The standard InChI is InChI=1S/C14H20N2O4S/c1-3-10(2)15-14(19)16-12(17)8-20-13(18)5-4-11-6-7-21-9-11/h6-7,9-10H,3-5,8H2,1-2H3,(H2,15,16,17,19)/t10-/m1/s1. The maximum Gasteiger partial charge on any atom is 0.321 e. The Morgan fingerprint density at radius 1 is 1.38 bits per heavy atom. The Bertz CT molecular complexity index is 473. The quantitative estimate of drug-likeness (QED) is 0.753. The van der Waals surface area contributed by atoms with Crippen molar-refractivity contribution in [2.75, 3.05) is 6.61 Å². The van der Waals surface area contributed by atoms with Crippen LogP contribution in [-0.2, 0) is 20.7 Å². The van der Waals surface area contributed by atoms with E-state index >= 15 is 0 Å². The second-order valence-corrected chi connectivity index (χ2v) is 5.40. The molecule has 0 aromatic carbocycles. The lowest BCUT2D eigenvalue weighted by atomic mass is 10.2. The minimum atomic E-state index is -0.639. The van der Waals surface area contributed by atoms with Crippen LogP contribution < -0.4 is 10.6 Å². The van der Waals surface area contributed by atoms with Gasteiger partial charge in [-0.25, -0.2) is 4.79 Å². The number of ether oxygens (including phenoxy) is 1. The molecule has 116 valence electrons. The highest BCUT2D eigenvalue weighted by Gasteiger charge is 2.12. The molecule has 0 bridgehead atoms. The largest absolute Gasteiger partial charge is 0.456 e. The van der Waals surface area contributed by atoms with E-state index in [4.69, 9.17) is 4.74 Å². The molecule has 1 rings (SSSR count). The summed E-state index contributed by atoms with van der Waals surface area (Å²) in [5.41, 5.74) is 1.06. The zero-order chi connectivity index (χ0) is 15.7. The number of aryl methyl sites for hydroxylation is 1. The van der Waals surface area contributed by atoms with Gasteiger partial charge in [-0.05, 0) is 42.2 Å². The summed E-state index contributed by atoms with van der Waals surface area (Å²) < 4.78 is 4.81. The van der Waals surface area contributed by atoms with Crippen molar-refractivity contribution in [1.29, 1.82) is 0 Å². The Morgan fingerprint density at radius 3 is 2.76 bits per heavy atom.